The molecule has 0 aromatic heterocycles. The van der Waals surface area contributed by atoms with Gasteiger partial charge in [0.05, 0.1) is 26.2 Å². The fourth-order valence-corrected chi connectivity index (χ4v) is 3.43. The van der Waals surface area contributed by atoms with Gasteiger partial charge in [-0.1, -0.05) is 48.5 Å². The molecule has 2 heteroatoms. The van der Waals surface area contributed by atoms with Crippen molar-refractivity contribution < 1.29 is 9.64 Å². The van der Waals surface area contributed by atoms with E-state index in [9.17, 15) is 0 Å². The average molecular weight is 310 g/mol. The van der Waals surface area contributed by atoms with Crippen molar-refractivity contribution in [3.63, 3.8) is 0 Å². The van der Waals surface area contributed by atoms with Gasteiger partial charge in [-0.15, -0.1) is 0 Å². The first kappa shape index (κ1) is 16.1. The Bertz CT molecular complexity index is 573. The van der Waals surface area contributed by atoms with E-state index in [0.717, 1.165) is 18.8 Å². The van der Waals surface area contributed by atoms with Crippen LogP contribution in [0.4, 0.5) is 0 Å². The maximum atomic E-state index is 6.10. The maximum Gasteiger partial charge on any atom is 0.127 e. The van der Waals surface area contributed by atoms with E-state index in [4.69, 9.17) is 4.74 Å². The highest BCUT2D eigenvalue weighted by Crippen LogP contribution is 2.29. The van der Waals surface area contributed by atoms with Crippen molar-refractivity contribution in [1.29, 1.82) is 0 Å². The molecule has 0 spiro atoms. The minimum atomic E-state index is 0.813. The lowest BCUT2D eigenvalue weighted by Crippen LogP contribution is -3.11. The summed E-state index contributed by atoms with van der Waals surface area (Å²) in [6.07, 6.45) is 6.77. The monoisotopic (exact) mass is 310 g/mol. The van der Waals surface area contributed by atoms with E-state index in [-0.39, 0.29) is 0 Å². The summed E-state index contributed by atoms with van der Waals surface area (Å²) in [7, 11) is 0. The quantitative estimate of drug-likeness (QED) is 0.805. The number of nitrogens with one attached hydrogen (secondary N) is 1. The van der Waals surface area contributed by atoms with Gasteiger partial charge in [0.2, 0.25) is 0 Å². The second kappa shape index (κ2) is 8.73. The zero-order valence-corrected chi connectivity index (χ0v) is 14.0. The van der Waals surface area contributed by atoms with Crippen molar-refractivity contribution in [2.45, 2.75) is 32.1 Å². The molecule has 0 radical (unpaired) electrons. The Balaban J connectivity index is 1.52. The lowest BCUT2D eigenvalue weighted by molar-refractivity contribution is -0.899. The van der Waals surface area contributed by atoms with Crippen molar-refractivity contribution in [2.24, 2.45) is 0 Å². The van der Waals surface area contributed by atoms with Gasteiger partial charge in [-0.05, 0) is 37.3 Å². The number of hydrogen-bond acceptors (Lipinski definition) is 1. The highest BCUT2D eigenvalue weighted by Gasteiger charge is 2.12. The van der Waals surface area contributed by atoms with Crippen molar-refractivity contribution in [3.8, 4) is 16.9 Å². The van der Waals surface area contributed by atoms with Gasteiger partial charge in [-0.2, -0.15) is 0 Å². The van der Waals surface area contributed by atoms with Crippen LogP contribution in [0.5, 0.6) is 5.75 Å². The van der Waals surface area contributed by atoms with E-state index in [1.54, 1.807) is 4.90 Å². The van der Waals surface area contributed by atoms with Crippen LogP contribution in [0.1, 0.15) is 32.1 Å². The number of ether oxygens (including phenoxy) is 1. The summed E-state index contributed by atoms with van der Waals surface area (Å²) < 4.78 is 6.10. The summed E-state index contributed by atoms with van der Waals surface area (Å²) in [5, 5.41) is 0. The van der Waals surface area contributed by atoms with Crippen LogP contribution in [-0.2, 0) is 0 Å². The summed E-state index contributed by atoms with van der Waals surface area (Å²) in [5.41, 5.74) is 2.41. The Hall–Kier alpha value is -1.80. The summed E-state index contributed by atoms with van der Waals surface area (Å²) in [6.45, 7) is 4.75. The molecule has 1 N–H and O–H groups in total. The Morgan fingerprint density at radius 2 is 1.48 bits per heavy atom. The fourth-order valence-electron chi connectivity index (χ4n) is 3.43. The number of benzene rings is 2. The van der Waals surface area contributed by atoms with Gasteiger partial charge in [-0.25, -0.2) is 0 Å². The molecular weight excluding hydrogens is 282 g/mol. The number of likely N-dealkylation sites (tertiary alicyclic amines) is 1. The van der Waals surface area contributed by atoms with E-state index in [1.165, 1.54) is 56.4 Å². The van der Waals surface area contributed by atoms with Crippen LogP contribution < -0.4 is 9.64 Å². The Kier molecular flexibility index (Phi) is 6.10. The highest BCUT2D eigenvalue weighted by molar-refractivity contribution is 5.70. The highest BCUT2D eigenvalue weighted by atomic mass is 16.5. The summed E-state index contributed by atoms with van der Waals surface area (Å²) >= 11 is 0. The van der Waals surface area contributed by atoms with Gasteiger partial charge >= 0.3 is 0 Å². The number of hydrogen-bond donors (Lipinski definition) is 1. The Morgan fingerprint density at radius 3 is 2.26 bits per heavy atom. The van der Waals surface area contributed by atoms with E-state index >= 15 is 0 Å². The molecule has 0 atom stereocenters. The molecule has 1 saturated heterocycles. The van der Waals surface area contributed by atoms with Gasteiger partial charge in [0, 0.05) is 12.0 Å². The van der Waals surface area contributed by atoms with Crippen LogP contribution in [0, 0.1) is 0 Å². The summed E-state index contributed by atoms with van der Waals surface area (Å²) in [6, 6.07) is 18.9. The van der Waals surface area contributed by atoms with Gasteiger partial charge < -0.3 is 9.64 Å². The molecule has 1 heterocycles. The molecule has 1 aliphatic heterocycles. The maximum absolute atomic E-state index is 6.10. The zero-order valence-electron chi connectivity index (χ0n) is 14.0. The summed E-state index contributed by atoms with van der Waals surface area (Å²) in [4.78, 5) is 1.77. The predicted octanol–water partition coefficient (Wildman–Crippen LogP) is 3.58. The first-order chi connectivity index (χ1) is 11.4. The molecule has 0 saturated carbocycles. The smallest absolute Gasteiger partial charge is 0.127 e. The molecule has 122 valence electrons. The fraction of sp³-hybridized carbons (Fsp3) is 0.429. The van der Waals surface area contributed by atoms with Crippen LogP contribution in [0.2, 0.25) is 0 Å². The molecule has 0 bridgehead atoms. The van der Waals surface area contributed by atoms with Gasteiger partial charge in [0.15, 0.2) is 0 Å². The molecule has 0 aliphatic carbocycles. The van der Waals surface area contributed by atoms with Crippen molar-refractivity contribution in [2.75, 3.05) is 26.2 Å². The van der Waals surface area contributed by atoms with Crippen molar-refractivity contribution in [1.82, 2.24) is 0 Å². The molecule has 1 fully saturated rings. The van der Waals surface area contributed by atoms with Crippen molar-refractivity contribution >= 4 is 0 Å². The average Bonchev–Trinajstić information content (AvgIpc) is 2.89. The molecule has 3 rings (SSSR count). The molecule has 1 aliphatic rings. The summed E-state index contributed by atoms with van der Waals surface area (Å²) in [5.74, 6) is 1.00. The standard InChI is InChI=1S/C21H27NO/c1-2-9-16-22(15-8-1)17-10-18-23-21-14-7-6-13-20(21)19-11-4-3-5-12-19/h3-7,11-14H,1-2,8-10,15-18H2/p+1. The predicted molar refractivity (Wildman–Crippen MR) is 96.0 cm³/mol. The van der Waals surface area contributed by atoms with Crippen molar-refractivity contribution in [3.05, 3.63) is 54.6 Å². The normalized spacial score (nSPS) is 16.0. The second-order valence-corrected chi connectivity index (χ2v) is 6.48. The van der Waals surface area contributed by atoms with Gasteiger partial charge in [0.1, 0.15) is 5.75 Å². The minimum Gasteiger partial charge on any atom is -0.493 e. The van der Waals surface area contributed by atoms with Crippen LogP contribution in [0.15, 0.2) is 54.6 Å². The first-order valence-corrected chi connectivity index (χ1v) is 9.04. The van der Waals surface area contributed by atoms with Gasteiger partial charge in [-0.3, -0.25) is 0 Å². The molecule has 0 amide bonds. The van der Waals surface area contributed by atoms with Crippen LogP contribution >= 0.6 is 0 Å². The number of rotatable bonds is 6. The lowest BCUT2D eigenvalue weighted by Gasteiger charge is -2.17. The third-order valence-corrected chi connectivity index (χ3v) is 4.71. The van der Waals surface area contributed by atoms with Crippen LogP contribution in [-0.4, -0.2) is 26.2 Å². The SMILES string of the molecule is c1ccc(-c2ccccc2OCCC[NH+]2CCCCCC2)cc1. The molecule has 0 unspecified atom stereocenters. The largest absolute Gasteiger partial charge is 0.493 e. The lowest BCUT2D eigenvalue weighted by atomic mass is 10.1. The topological polar surface area (TPSA) is 13.7 Å². The molecule has 2 aromatic rings. The molecule has 2 nitrogen and oxygen atoms in total. The van der Waals surface area contributed by atoms with E-state index in [1.807, 2.05) is 0 Å². The molecule has 2 aromatic carbocycles. The van der Waals surface area contributed by atoms with Crippen LogP contribution in [0.25, 0.3) is 11.1 Å². The first-order valence-electron chi connectivity index (χ1n) is 9.04. The van der Waals surface area contributed by atoms with E-state index in [0.29, 0.717) is 0 Å². The Morgan fingerprint density at radius 1 is 0.783 bits per heavy atom. The Labute approximate surface area is 140 Å². The van der Waals surface area contributed by atoms with Crippen LogP contribution in [0.3, 0.4) is 0 Å². The minimum absolute atomic E-state index is 0.813. The van der Waals surface area contributed by atoms with E-state index in [2.05, 4.69) is 54.6 Å². The number of para-hydroxylation sites is 1. The molecular formula is C21H28NO+. The third kappa shape index (κ3) is 4.84. The van der Waals surface area contributed by atoms with Gasteiger partial charge in [0.25, 0.3) is 0 Å². The van der Waals surface area contributed by atoms with E-state index < -0.39 is 0 Å². The second-order valence-electron chi connectivity index (χ2n) is 6.48. The number of quaternary nitrogens is 1. The zero-order chi connectivity index (χ0) is 15.7. The third-order valence-electron chi connectivity index (χ3n) is 4.71. The molecule has 23 heavy (non-hydrogen) atoms.